The predicted molar refractivity (Wildman–Crippen MR) is 78.2 cm³/mol. The van der Waals surface area contributed by atoms with Gasteiger partial charge >= 0.3 is 0 Å². The minimum absolute atomic E-state index is 0.153. The number of hydrogen-bond acceptors (Lipinski definition) is 3. The molecular formula is C16H20N2O2. The van der Waals surface area contributed by atoms with Crippen LogP contribution in [0.3, 0.4) is 0 Å². The van der Waals surface area contributed by atoms with Gasteiger partial charge in [-0.3, -0.25) is 10.1 Å². The fraction of sp³-hybridized carbons (Fsp3) is 0.500. The molecule has 1 fully saturated rings. The molecule has 4 heteroatoms. The summed E-state index contributed by atoms with van der Waals surface area (Å²) in [4.78, 5) is 10.2. The molecule has 1 aromatic rings. The predicted octanol–water partition coefficient (Wildman–Crippen LogP) is 3.29. The van der Waals surface area contributed by atoms with Gasteiger partial charge in [0.15, 0.2) is 0 Å². The lowest BCUT2D eigenvalue weighted by atomic mass is 9.87. The van der Waals surface area contributed by atoms with Gasteiger partial charge in [0.25, 0.3) is 5.69 Å². The second-order valence-electron chi connectivity index (χ2n) is 6.04. The van der Waals surface area contributed by atoms with Crippen molar-refractivity contribution in [3.8, 4) is 0 Å². The van der Waals surface area contributed by atoms with Crippen LogP contribution in [0.1, 0.15) is 25.3 Å². The summed E-state index contributed by atoms with van der Waals surface area (Å²) in [6, 6.07) is 7.30. The largest absolute Gasteiger partial charge is 0.310 e. The van der Waals surface area contributed by atoms with Gasteiger partial charge in [-0.15, -0.1) is 0 Å². The maximum absolute atomic E-state index is 10.6. The number of nitrogens with one attached hydrogen (secondary N) is 1. The number of fused-ring (bicyclic) bond motifs is 2. The molecule has 0 radical (unpaired) electrons. The Bertz CT molecular complexity index is 524. The molecule has 2 aliphatic carbocycles. The SMILES string of the molecule is CC(NCc1ccc([N+](=O)[O-])cc1)C1CC2C=CC1C2. The summed E-state index contributed by atoms with van der Waals surface area (Å²) >= 11 is 0. The maximum atomic E-state index is 10.6. The number of allylic oxidation sites excluding steroid dienone is 2. The van der Waals surface area contributed by atoms with Crippen LogP contribution < -0.4 is 5.32 Å². The van der Waals surface area contributed by atoms with Crippen LogP contribution in [0.2, 0.25) is 0 Å². The number of nitrogens with zero attached hydrogens (tertiary/aromatic N) is 1. The fourth-order valence-electron chi connectivity index (χ4n) is 3.56. The molecule has 4 atom stereocenters. The average molecular weight is 272 g/mol. The van der Waals surface area contributed by atoms with Gasteiger partial charge in [0.05, 0.1) is 4.92 Å². The number of rotatable bonds is 5. The summed E-state index contributed by atoms with van der Waals surface area (Å²) in [5.41, 5.74) is 1.25. The van der Waals surface area contributed by atoms with E-state index in [1.54, 1.807) is 12.1 Å². The molecule has 1 N–H and O–H groups in total. The van der Waals surface area contributed by atoms with Gasteiger partial charge in [0.2, 0.25) is 0 Å². The molecule has 4 unspecified atom stereocenters. The summed E-state index contributed by atoms with van der Waals surface area (Å²) < 4.78 is 0. The van der Waals surface area contributed by atoms with Crippen molar-refractivity contribution in [1.29, 1.82) is 0 Å². The first-order valence-electron chi connectivity index (χ1n) is 7.28. The van der Waals surface area contributed by atoms with Crippen molar-refractivity contribution in [2.75, 3.05) is 0 Å². The quantitative estimate of drug-likeness (QED) is 0.508. The van der Waals surface area contributed by atoms with Crippen molar-refractivity contribution in [1.82, 2.24) is 5.32 Å². The van der Waals surface area contributed by atoms with E-state index in [2.05, 4.69) is 24.4 Å². The molecule has 20 heavy (non-hydrogen) atoms. The van der Waals surface area contributed by atoms with E-state index < -0.39 is 0 Å². The summed E-state index contributed by atoms with van der Waals surface area (Å²) in [7, 11) is 0. The first kappa shape index (κ1) is 13.3. The molecule has 0 amide bonds. The summed E-state index contributed by atoms with van der Waals surface area (Å²) in [5.74, 6) is 2.29. The molecule has 106 valence electrons. The lowest BCUT2D eigenvalue weighted by Crippen LogP contribution is -2.35. The van der Waals surface area contributed by atoms with Gasteiger partial charge in [0.1, 0.15) is 0 Å². The second-order valence-corrected chi connectivity index (χ2v) is 6.04. The van der Waals surface area contributed by atoms with Gasteiger partial charge in [0, 0.05) is 24.7 Å². The zero-order valence-electron chi connectivity index (χ0n) is 11.7. The van der Waals surface area contributed by atoms with Crippen molar-refractivity contribution in [3.05, 3.63) is 52.1 Å². The van der Waals surface area contributed by atoms with E-state index in [4.69, 9.17) is 0 Å². The fourth-order valence-corrected chi connectivity index (χ4v) is 3.56. The Morgan fingerprint density at radius 2 is 2.05 bits per heavy atom. The van der Waals surface area contributed by atoms with E-state index >= 15 is 0 Å². The molecule has 3 rings (SSSR count). The van der Waals surface area contributed by atoms with Crippen LogP contribution in [0.5, 0.6) is 0 Å². The first-order chi connectivity index (χ1) is 9.63. The number of hydrogen-bond donors (Lipinski definition) is 1. The van der Waals surface area contributed by atoms with Gasteiger partial charge in [-0.1, -0.05) is 24.3 Å². The third kappa shape index (κ3) is 2.61. The van der Waals surface area contributed by atoms with Gasteiger partial charge in [-0.05, 0) is 43.1 Å². The second kappa shape index (κ2) is 5.37. The highest BCUT2D eigenvalue weighted by molar-refractivity contribution is 5.32. The molecule has 4 nitrogen and oxygen atoms in total. The average Bonchev–Trinajstić information content (AvgIpc) is 3.08. The summed E-state index contributed by atoms with van der Waals surface area (Å²) in [6.07, 6.45) is 7.37. The van der Waals surface area contributed by atoms with Crippen molar-refractivity contribution in [2.24, 2.45) is 17.8 Å². The molecule has 0 aromatic heterocycles. The number of non-ortho nitro benzene ring substituents is 1. The molecule has 0 heterocycles. The van der Waals surface area contributed by atoms with E-state index in [-0.39, 0.29) is 10.6 Å². The third-order valence-electron chi connectivity index (χ3n) is 4.75. The molecule has 0 saturated heterocycles. The highest BCUT2D eigenvalue weighted by Crippen LogP contribution is 2.44. The molecule has 0 spiro atoms. The van der Waals surface area contributed by atoms with Crippen LogP contribution >= 0.6 is 0 Å². The molecule has 2 bridgehead atoms. The topological polar surface area (TPSA) is 55.2 Å². The molecule has 1 saturated carbocycles. The highest BCUT2D eigenvalue weighted by Gasteiger charge is 2.38. The molecular weight excluding hydrogens is 252 g/mol. The Kier molecular flexibility index (Phi) is 3.57. The Labute approximate surface area is 119 Å². The van der Waals surface area contributed by atoms with E-state index in [0.29, 0.717) is 6.04 Å². The number of nitro benzene ring substituents is 1. The van der Waals surface area contributed by atoms with Gasteiger partial charge < -0.3 is 5.32 Å². The lowest BCUT2D eigenvalue weighted by Gasteiger charge is -2.26. The lowest BCUT2D eigenvalue weighted by molar-refractivity contribution is -0.384. The summed E-state index contributed by atoms with van der Waals surface area (Å²) in [6.45, 7) is 3.03. The van der Waals surface area contributed by atoms with Crippen molar-refractivity contribution >= 4 is 5.69 Å². The first-order valence-corrected chi connectivity index (χ1v) is 7.28. The Morgan fingerprint density at radius 1 is 1.30 bits per heavy atom. The van der Waals surface area contributed by atoms with E-state index in [0.717, 1.165) is 29.9 Å². The summed E-state index contributed by atoms with van der Waals surface area (Å²) in [5, 5.41) is 14.2. The van der Waals surface area contributed by atoms with Crippen LogP contribution in [0.4, 0.5) is 5.69 Å². The normalized spacial score (nSPS) is 28.8. The molecule has 1 aromatic carbocycles. The maximum Gasteiger partial charge on any atom is 0.269 e. The zero-order valence-corrected chi connectivity index (χ0v) is 11.7. The highest BCUT2D eigenvalue weighted by atomic mass is 16.6. The number of nitro groups is 1. The monoisotopic (exact) mass is 272 g/mol. The van der Waals surface area contributed by atoms with Crippen molar-refractivity contribution < 1.29 is 4.92 Å². The third-order valence-corrected chi connectivity index (χ3v) is 4.75. The van der Waals surface area contributed by atoms with Crippen molar-refractivity contribution in [3.63, 3.8) is 0 Å². The van der Waals surface area contributed by atoms with Gasteiger partial charge in [-0.2, -0.15) is 0 Å². The minimum atomic E-state index is -0.360. The van der Waals surface area contributed by atoms with Crippen LogP contribution in [0, 0.1) is 27.9 Å². The van der Waals surface area contributed by atoms with Gasteiger partial charge in [-0.25, -0.2) is 0 Å². The molecule has 2 aliphatic rings. The Hall–Kier alpha value is -1.68. The Morgan fingerprint density at radius 3 is 2.60 bits per heavy atom. The standard InChI is InChI=1S/C16H20N2O2/c1-11(16-9-13-2-5-14(16)8-13)17-10-12-3-6-15(7-4-12)18(19)20/h2-7,11,13-14,16-17H,8-10H2,1H3. The van der Waals surface area contributed by atoms with Crippen LogP contribution in [-0.4, -0.2) is 11.0 Å². The van der Waals surface area contributed by atoms with Crippen LogP contribution in [0.25, 0.3) is 0 Å². The van der Waals surface area contributed by atoms with Crippen molar-refractivity contribution in [2.45, 2.75) is 32.4 Å². The van der Waals surface area contributed by atoms with E-state index in [1.165, 1.54) is 12.8 Å². The van der Waals surface area contributed by atoms with Crippen LogP contribution in [-0.2, 0) is 6.54 Å². The minimum Gasteiger partial charge on any atom is -0.310 e. The van der Waals surface area contributed by atoms with E-state index in [1.807, 2.05) is 12.1 Å². The van der Waals surface area contributed by atoms with E-state index in [9.17, 15) is 10.1 Å². The number of benzene rings is 1. The molecule has 0 aliphatic heterocycles. The smallest absolute Gasteiger partial charge is 0.269 e. The zero-order chi connectivity index (χ0) is 14.1. The Balaban J connectivity index is 1.54. The van der Waals surface area contributed by atoms with Crippen LogP contribution in [0.15, 0.2) is 36.4 Å².